The average Bonchev–Trinajstić information content (AvgIpc) is 2.39. The maximum absolute atomic E-state index is 11.7. The Balaban J connectivity index is 2.42. The fourth-order valence-electron chi connectivity index (χ4n) is 1.66. The first-order valence-electron chi connectivity index (χ1n) is 6.26. The summed E-state index contributed by atoms with van der Waals surface area (Å²) in [7, 11) is 0. The zero-order valence-electron chi connectivity index (χ0n) is 10.8. The lowest BCUT2D eigenvalue weighted by atomic mass is 10.1. The number of pyridine rings is 1. The molecule has 4 N–H and O–H groups in total. The van der Waals surface area contributed by atoms with Crippen molar-refractivity contribution in [2.75, 3.05) is 13.2 Å². The van der Waals surface area contributed by atoms with Crippen molar-refractivity contribution in [3.63, 3.8) is 0 Å². The van der Waals surface area contributed by atoms with E-state index in [0.717, 1.165) is 19.3 Å². The third-order valence-corrected chi connectivity index (χ3v) is 2.64. The Morgan fingerprint density at radius 3 is 2.79 bits per heavy atom. The van der Waals surface area contributed by atoms with E-state index in [1.54, 1.807) is 12.1 Å². The standard InChI is InChI=1S/C13H19N3O3/c14-13(19)10-5-4-7-15-11(10)9-12(18)16-6-2-1-3-8-17/h4-5,7,17H,1-3,6,8-9H2,(H2,14,19)(H,16,18). The van der Waals surface area contributed by atoms with E-state index in [1.165, 1.54) is 6.20 Å². The molecule has 1 rings (SSSR count). The lowest BCUT2D eigenvalue weighted by Gasteiger charge is -2.06. The van der Waals surface area contributed by atoms with Crippen LogP contribution in [0, 0.1) is 0 Å². The first-order valence-corrected chi connectivity index (χ1v) is 6.26. The van der Waals surface area contributed by atoms with Crippen molar-refractivity contribution in [1.82, 2.24) is 10.3 Å². The molecule has 0 aliphatic carbocycles. The third-order valence-electron chi connectivity index (χ3n) is 2.64. The van der Waals surface area contributed by atoms with Crippen LogP contribution in [0.25, 0.3) is 0 Å². The van der Waals surface area contributed by atoms with Gasteiger partial charge in [-0.3, -0.25) is 14.6 Å². The molecule has 0 radical (unpaired) electrons. The normalized spacial score (nSPS) is 10.2. The number of amides is 2. The molecule has 0 aliphatic heterocycles. The minimum atomic E-state index is -0.584. The van der Waals surface area contributed by atoms with Crippen molar-refractivity contribution in [1.29, 1.82) is 0 Å². The molecule has 0 aliphatic rings. The number of rotatable bonds is 8. The van der Waals surface area contributed by atoms with E-state index < -0.39 is 5.91 Å². The van der Waals surface area contributed by atoms with E-state index in [1.807, 2.05) is 0 Å². The third kappa shape index (κ3) is 5.48. The van der Waals surface area contributed by atoms with Gasteiger partial charge >= 0.3 is 0 Å². The van der Waals surface area contributed by atoms with Crippen molar-refractivity contribution in [2.24, 2.45) is 5.73 Å². The van der Waals surface area contributed by atoms with Gasteiger partial charge in [0, 0.05) is 19.3 Å². The van der Waals surface area contributed by atoms with E-state index in [9.17, 15) is 9.59 Å². The number of nitrogens with one attached hydrogen (secondary N) is 1. The molecule has 0 atom stereocenters. The molecule has 6 heteroatoms. The molecular formula is C13H19N3O3. The number of unbranched alkanes of at least 4 members (excludes halogenated alkanes) is 2. The highest BCUT2D eigenvalue weighted by Gasteiger charge is 2.12. The maximum atomic E-state index is 11.7. The monoisotopic (exact) mass is 265 g/mol. The Morgan fingerprint density at radius 2 is 2.11 bits per heavy atom. The Bertz CT molecular complexity index is 435. The lowest BCUT2D eigenvalue weighted by molar-refractivity contribution is -0.120. The summed E-state index contributed by atoms with van der Waals surface area (Å²) in [5, 5.41) is 11.4. The predicted octanol–water partition coefficient (Wildman–Crippen LogP) is 0.00180. The molecule has 1 aromatic rings. The highest BCUT2D eigenvalue weighted by atomic mass is 16.3. The Morgan fingerprint density at radius 1 is 1.32 bits per heavy atom. The van der Waals surface area contributed by atoms with Crippen molar-refractivity contribution in [3.05, 3.63) is 29.6 Å². The molecule has 1 heterocycles. The molecule has 0 aromatic carbocycles. The Labute approximate surface area is 112 Å². The average molecular weight is 265 g/mol. The summed E-state index contributed by atoms with van der Waals surface area (Å²) < 4.78 is 0. The number of nitrogens with zero attached hydrogens (tertiary/aromatic N) is 1. The molecule has 19 heavy (non-hydrogen) atoms. The molecule has 0 bridgehead atoms. The van der Waals surface area contributed by atoms with Gasteiger partial charge in [-0.05, 0) is 31.4 Å². The Hall–Kier alpha value is -1.95. The van der Waals surface area contributed by atoms with Crippen LogP contribution in [0.2, 0.25) is 0 Å². The van der Waals surface area contributed by atoms with Crippen LogP contribution >= 0.6 is 0 Å². The maximum Gasteiger partial charge on any atom is 0.250 e. The van der Waals surface area contributed by atoms with Crippen LogP contribution in [-0.2, 0) is 11.2 Å². The Kier molecular flexibility index (Phi) is 6.52. The van der Waals surface area contributed by atoms with Crippen LogP contribution in [-0.4, -0.2) is 35.1 Å². The number of carbonyl (C=O) groups excluding carboxylic acids is 2. The number of primary amides is 1. The van der Waals surface area contributed by atoms with Crippen LogP contribution in [0.1, 0.15) is 35.3 Å². The van der Waals surface area contributed by atoms with E-state index in [4.69, 9.17) is 10.8 Å². The van der Waals surface area contributed by atoms with Gasteiger partial charge in [0.2, 0.25) is 5.91 Å². The van der Waals surface area contributed by atoms with Gasteiger partial charge < -0.3 is 16.2 Å². The largest absolute Gasteiger partial charge is 0.396 e. The summed E-state index contributed by atoms with van der Waals surface area (Å²) >= 11 is 0. The van der Waals surface area contributed by atoms with Crippen LogP contribution in [0.5, 0.6) is 0 Å². The molecule has 0 unspecified atom stereocenters. The number of hydrogen-bond donors (Lipinski definition) is 3. The summed E-state index contributed by atoms with van der Waals surface area (Å²) in [5.41, 5.74) is 5.88. The van der Waals surface area contributed by atoms with Crippen LogP contribution in [0.4, 0.5) is 0 Å². The second kappa shape index (κ2) is 8.20. The number of aliphatic hydroxyl groups excluding tert-OH is 1. The van der Waals surface area contributed by atoms with Crippen molar-refractivity contribution in [3.8, 4) is 0 Å². The highest BCUT2D eigenvalue weighted by Crippen LogP contribution is 2.05. The van der Waals surface area contributed by atoms with Gasteiger partial charge in [0.15, 0.2) is 0 Å². The van der Waals surface area contributed by atoms with Crippen LogP contribution in [0.15, 0.2) is 18.3 Å². The molecule has 1 aromatic heterocycles. The molecule has 104 valence electrons. The van der Waals surface area contributed by atoms with Crippen LogP contribution < -0.4 is 11.1 Å². The summed E-state index contributed by atoms with van der Waals surface area (Å²) in [5.74, 6) is -0.774. The number of aromatic nitrogens is 1. The lowest BCUT2D eigenvalue weighted by Crippen LogP contribution is -2.27. The zero-order chi connectivity index (χ0) is 14.1. The summed E-state index contributed by atoms with van der Waals surface area (Å²) in [6, 6.07) is 3.16. The second-order valence-corrected chi connectivity index (χ2v) is 4.17. The highest BCUT2D eigenvalue weighted by molar-refractivity contribution is 5.95. The topological polar surface area (TPSA) is 105 Å². The quantitative estimate of drug-likeness (QED) is 0.575. The summed E-state index contributed by atoms with van der Waals surface area (Å²) in [6.07, 6.45) is 3.99. The molecule has 0 saturated carbocycles. The fourth-order valence-corrected chi connectivity index (χ4v) is 1.66. The second-order valence-electron chi connectivity index (χ2n) is 4.17. The first kappa shape index (κ1) is 15.1. The van der Waals surface area contributed by atoms with E-state index in [2.05, 4.69) is 10.3 Å². The van der Waals surface area contributed by atoms with E-state index >= 15 is 0 Å². The van der Waals surface area contributed by atoms with Crippen LogP contribution in [0.3, 0.4) is 0 Å². The van der Waals surface area contributed by atoms with Gasteiger partial charge in [-0.1, -0.05) is 0 Å². The molecular weight excluding hydrogens is 246 g/mol. The number of carbonyl (C=O) groups is 2. The van der Waals surface area contributed by atoms with E-state index in [0.29, 0.717) is 12.2 Å². The fraction of sp³-hybridized carbons (Fsp3) is 0.462. The molecule has 6 nitrogen and oxygen atoms in total. The van der Waals surface area contributed by atoms with Gasteiger partial charge in [0.25, 0.3) is 5.91 Å². The first-order chi connectivity index (χ1) is 9.15. The zero-order valence-corrected chi connectivity index (χ0v) is 10.8. The van der Waals surface area contributed by atoms with Gasteiger partial charge in [0.1, 0.15) is 0 Å². The SMILES string of the molecule is NC(=O)c1cccnc1CC(=O)NCCCCCO. The minimum absolute atomic E-state index is 0.0408. The summed E-state index contributed by atoms with van der Waals surface area (Å²) in [4.78, 5) is 26.8. The van der Waals surface area contributed by atoms with Crippen molar-refractivity contribution >= 4 is 11.8 Å². The number of nitrogens with two attached hydrogens (primary N) is 1. The van der Waals surface area contributed by atoms with Crippen molar-refractivity contribution in [2.45, 2.75) is 25.7 Å². The van der Waals surface area contributed by atoms with Gasteiger partial charge in [-0.2, -0.15) is 0 Å². The molecule has 0 fully saturated rings. The number of aliphatic hydroxyl groups is 1. The smallest absolute Gasteiger partial charge is 0.250 e. The summed E-state index contributed by atoms with van der Waals surface area (Å²) in [6.45, 7) is 0.724. The molecule has 0 spiro atoms. The molecule has 2 amide bonds. The predicted molar refractivity (Wildman–Crippen MR) is 70.4 cm³/mol. The van der Waals surface area contributed by atoms with Gasteiger partial charge in [-0.15, -0.1) is 0 Å². The number of hydrogen-bond acceptors (Lipinski definition) is 4. The van der Waals surface area contributed by atoms with Gasteiger partial charge in [-0.25, -0.2) is 0 Å². The minimum Gasteiger partial charge on any atom is -0.396 e. The molecule has 0 saturated heterocycles. The van der Waals surface area contributed by atoms with Gasteiger partial charge in [0.05, 0.1) is 17.7 Å². The van der Waals surface area contributed by atoms with E-state index in [-0.39, 0.29) is 24.5 Å². The van der Waals surface area contributed by atoms with Crippen molar-refractivity contribution < 1.29 is 14.7 Å².